The molecule has 0 aliphatic carbocycles. The fraction of sp³-hybridized carbons (Fsp3) is 0.619. The molecule has 1 fully saturated rings. The van der Waals surface area contributed by atoms with E-state index >= 15 is 0 Å². The molecule has 1 heterocycles. The summed E-state index contributed by atoms with van der Waals surface area (Å²) in [5.41, 5.74) is 0.906. The number of amides is 1. The summed E-state index contributed by atoms with van der Waals surface area (Å²) < 4.78 is 5.91. The van der Waals surface area contributed by atoms with Crippen molar-refractivity contribution in [3.05, 3.63) is 36.8 Å². The maximum atomic E-state index is 12.0. The van der Waals surface area contributed by atoms with Gasteiger partial charge in [-0.3, -0.25) is 4.79 Å². The van der Waals surface area contributed by atoms with Crippen molar-refractivity contribution in [1.29, 1.82) is 0 Å². The minimum absolute atomic E-state index is 0. The number of aliphatic hydroxyl groups excluding tert-OH is 1. The van der Waals surface area contributed by atoms with Gasteiger partial charge in [0.25, 0.3) is 0 Å². The Balaban J connectivity index is 0.00000338. The van der Waals surface area contributed by atoms with Crippen molar-refractivity contribution in [2.75, 3.05) is 13.2 Å². The van der Waals surface area contributed by atoms with Gasteiger partial charge in [-0.1, -0.05) is 45.2 Å². The van der Waals surface area contributed by atoms with Crippen LogP contribution in [0.15, 0.2) is 24.3 Å². The molecule has 0 saturated carbocycles. The molecular formula is C21H32NO3Y-. The molecule has 0 bridgehead atoms. The molecule has 2 N–H and O–H groups in total. The largest absolute Gasteiger partial charge is 0.493 e. The monoisotopic (exact) mass is 435 g/mol. The van der Waals surface area contributed by atoms with Crippen LogP contribution in [0, 0.1) is 24.7 Å². The molecule has 26 heavy (non-hydrogen) atoms. The van der Waals surface area contributed by atoms with E-state index in [1.807, 2.05) is 38.1 Å². The van der Waals surface area contributed by atoms with Gasteiger partial charge in [-0.25, -0.2) is 0 Å². The Kier molecular flexibility index (Phi) is 11.0. The van der Waals surface area contributed by atoms with Crippen molar-refractivity contribution in [2.24, 2.45) is 17.8 Å². The van der Waals surface area contributed by atoms with Gasteiger partial charge in [0.05, 0.1) is 12.7 Å². The van der Waals surface area contributed by atoms with Crippen LogP contribution in [0.3, 0.4) is 0 Å². The van der Waals surface area contributed by atoms with Crippen LogP contribution in [0.4, 0.5) is 0 Å². The standard InChI is InChI=1S/C21H32NO3.Y/c1-4-5-6-7-8-19-17(13-22-21(19)24)14-25-18-11-9-16(10-12-18)20(23)15(2)3;/h9-12,15,17,19-20,23H,1,4-8,13-14H2,2-3H3,(H,22,24);/q-1;/t17-,19-,20?;/m1./s1. The molecule has 0 aromatic heterocycles. The summed E-state index contributed by atoms with van der Waals surface area (Å²) in [4.78, 5) is 12.0. The summed E-state index contributed by atoms with van der Waals surface area (Å²) in [6, 6.07) is 7.62. The molecule has 1 amide bonds. The molecule has 2 rings (SSSR count). The Hall–Kier alpha value is -0.446. The van der Waals surface area contributed by atoms with Crippen molar-refractivity contribution in [1.82, 2.24) is 5.32 Å². The van der Waals surface area contributed by atoms with Crippen LogP contribution in [0.1, 0.15) is 57.6 Å². The predicted molar refractivity (Wildman–Crippen MR) is 100 cm³/mol. The molecule has 1 aromatic carbocycles. The number of nitrogens with one attached hydrogen (secondary N) is 1. The second-order valence-corrected chi connectivity index (χ2v) is 7.38. The normalized spacial score (nSPS) is 20.6. The third-order valence-electron chi connectivity index (χ3n) is 5.03. The maximum absolute atomic E-state index is 12.0. The molecule has 5 heteroatoms. The van der Waals surface area contributed by atoms with Crippen LogP contribution >= 0.6 is 0 Å². The van der Waals surface area contributed by atoms with Crippen LogP contribution < -0.4 is 10.1 Å². The summed E-state index contributed by atoms with van der Waals surface area (Å²) in [7, 11) is 0. The van der Waals surface area contributed by atoms with Gasteiger partial charge in [0, 0.05) is 51.1 Å². The van der Waals surface area contributed by atoms with Crippen LogP contribution in [0.25, 0.3) is 0 Å². The van der Waals surface area contributed by atoms with Crippen LogP contribution in [-0.4, -0.2) is 24.2 Å². The fourth-order valence-electron chi connectivity index (χ4n) is 3.33. The van der Waals surface area contributed by atoms with E-state index in [2.05, 4.69) is 12.2 Å². The first-order valence-electron chi connectivity index (χ1n) is 9.50. The third kappa shape index (κ3) is 6.94. The summed E-state index contributed by atoms with van der Waals surface area (Å²) in [5, 5.41) is 13.1. The van der Waals surface area contributed by atoms with Crippen molar-refractivity contribution in [2.45, 2.75) is 52.1 Å². The number of unbranched alkanes of at least 4 members (excludes halogenated alkanes) is 3. The minimum Gasteiger partial charge on any atom is -0.493 e. The Bertz CT molecular complexity index is 533. The molecule has 3 atom stereocenters. The number of rotatable bonds is 10. The number of hydrogen-bond donors (Lipinski definition) is 2. The summed E-state index contributed by atoms with van der Waals surface area (Å²) in [5.74, 6) is 1.43. The number of hydrogen-bond acceptors (Lipinski definition) is 3. The van der Waals surface area contributed by atoms with Crippen molar-refractivity contribution >= 4 is 5.91 Å². The number of aliphatic hydroxyl groups is 1. The SMILES string of the molecule is [CH2-]CCCCC[C@H]1C(=O)NC[C@@H]1COc1ccc(C(O)C(C)C)cc1.[Y]. The first-order valence-corrected chi connectivity index (χ1v) is 9.50. The van der Waals surface area contributed by atoms with E-state index in [1.165, 1.54) is 0 Å². The summed E-state index contributed by atoms with van der Waals surface area (Å²) >= 11 is 0. The fourth-order valence-corrected chi connectivity index (χ4v) is 3.33. The Morgan fingerprint density at radius 3 is 2.54 bits per heavy atom. The summed E-state index contributed by atoms with van der Waals surface area (Å²) in [6.45, 7) is 9.10. The molecule has 4 nitrogen and oxygen atoms in total. The quantitative estimate of drug-likeness (QED) is 0.433. The van der Waals surface area contributed by atoms with Crippen LogP contribution in [0.2, 0.25) is 0 Å². The van der Waals surface area contributed by atoms with Crippen molar-refractivity contribution < 1.29 is 47.3 Å². The second-order valence-electron chi connectivity index (χ2n) is 7.38. The number of ether oxygens (including phenoxy) is 1. The van der Waals surface area contributed by atoms with E-state index in [-0.39, 0.29) is 56.4 Å². The van der Waals surface area contributed by atoms with Crippen molar-refractivity contribution in [3.63, 3.8) is 0 Å². The molecular weight excluding hydrogens is 403 g/mol. The van der Waals surface area contributed by atoms with Crippen LogP contribution in [0.5, 0.6) is 5.75 Å². The number of carbonyl (C=O) groups excluding carboxylic acids is 1. The molecule has 1 unspecified atom stereocenters. The molecule has 1 aliphatic heterocycles. The Morgan fingerprint density at radius 1 is 1.23 bits per heavy atom. The maximum Gasteiger partial charge on any atom is 0.223 e. The van der Waals surface area contributed by atoms with Gasteiger partial charge in [-0.05, 0) is 30.0 Å². The van der Waals surface area contributed by atoms with Gasteiger partial charge in [-0.2, -0.15) is 6.42 Å². The van der Waals surface area contributed by atoms with E-state index in [9.17, 15) is 9.90 Å². The minimum atomic E-state index is -0.451. The van der Waals surface area contributed by atoms with Gasteiger partial charge in [0.15, 0.2) is 0 Å². The van der Waals surface area contributed by atoms with E-state index in [1.54, 1.807) is 0 Å². The first-order chi connectivity index (χ1) is 12.0. The first kappa shape index (κ1) is 23.6. The second kappa shape index (κ2) is 12.1. The number of benzene rings is 1. The zero-order valence-corrected chi connectivity index (χ0v) is 19.0. The van der Waals surface area contributed by atoms with Gasteiger partial charge in [0.1, 0.15) is 5.75 Å². The molecule has 1 aliphatic rings. The predicted octanol–water partition coefficient (Wildman–Crippen LogP) is 3.90. The van der Waals surface area contributed by atoms with E-state index in [0.29, 0.717) is 13.2 Å². The van der Waals surface area contributed by atoms with Gasteiger partial charge < -0.3 is 22.1 Å². The number of carbonyl (C=O) groups is 1. The summed E-state index contributed by atoms with van der Waals surface area (Å²) in [6.07, 6.45) is 4.79. The van der Waals surface area contributed by atoms with Gasteiger partial charge >= 0.3 is 0 Å². The van der Waals surface area contributed by atoms with E-state index in [4.69, 9.17) is 4.74 Å². The average molecular weight is 435 g/mol. The zero-order valence-electron chi connectivity index (χ0n) is 16.1. The molecule has 143 valence electrons. The Labute approximate surface area is 183 Å². The smallest absolute Gasteiger partial charge is 0.223 e. The van der Waals surface area contributed by atoms with Gasteiger partial charge in [0.2, 0.25) is 5.91 Å². The van der Waals surface area contributed by atoms with E-state index < -0.39 is 6.10 Å². The molecule has 1 radical (unpaired) electrons. The third-order valence-corrected chi connectivity index (χ3v) is 5.03. The molecule has 0 spiro atoms. The molecule has 1 saturated heterocycles. The van der Waals surface area contributed by atoms with Gasteiger partial charge in [-0.15, -0.1) is 0 Å². The van der Waals surface area contributed by atoms with E-state index in [0.717, 1.165) is 43.4 Å². The zero-order chi connectivity index (χ0) is 18.2. The Morgan fingerprint density at radius 2 is 1.92 bits per heavy atom. The van der Waals surface area contributed by atoms with Crippen LogP contribution in [-0.2, 0) is 37.5 Å². The topological polar surface area (TPSA) is 58.6 Å². The molecule has 1 aromatic rings. The van der Waals surface area contributed by atoms with Crippen molar-refractivity contribution in [3.8, 4) is 5.75 Å². The average Bonchev–Trinajstić information content (AvgIpc) is 2.96.